The van der Waals surface area contributed by atoms with E-state index in [0.717, 1.165) is 12.1 Å². The molecule has 0 aliphatic rings. The lowest BCUT2D eigenvalue weighted by atomic mass is 10.1. The van der Waals surface area contributed by atoms with E-state index in [1.807, 2.05) is 0 Å². The lowest BCUT2D eigenvalue weighted by molar-refractivity contribution is -0.137. The van der Waals surface area contributed by atoms with Crippen LogP contribution in [0.25, 0.3) is 0 Å². The van der Waals surface area contributed by atoms with E-state index in [1.54, 1.807) is 6.92 Å². The van der Waals surface area contributed by atoms with E-state index in [0.29, 0.717) is 12.1 Å². The first kappa shape index (κ1) is 16.7. The van der Waals surface area contributed by atoms with Crippen molar-refractivity contribution < 1.29 is 26.3 Å². The standard InChI is InChI=1S/C13H15F6N/c1-9(3-2-8-12(14,15)16)20-11-6-4-10(5-7-11)13(17,18)19/h4-7,9,20H,2-3,8H2,1H3. The molecule has 0 radical (unpaired) electrons. The first-order valence-electron chi connectivity index (χ1n) is 6.08. The molecule has 0 fully saturated rings. The highest BCUT2D eigenvalue weighted by molar-refractivity contribution is 5.45. The molecule has 0 amide bonds. The molecule has 1 nitrogen and oxygen atoms in total. The van der Waals surface area contributed by atoms with Crippen molar-refractivity contribution in [2.75, 3.05) is 5.32 Å². The van der Waals surface area contributed by atoms with Crippen molar-refractivity contribution >= 4 is 5.69 Å². The van der Waals surface area contributed by atoms with Crippen molar-refractivity contribution in [3.05, 3.63) is 29.8 Å². The molecule has 1 atom stereocenters. The summed E-state index contributed by atoms with van der Waals surface area (Å²) >= 11 is 0. The molecule has 1 unspecified atom stereocenters. The Balaban J connectivity index is 2.44. The number of anilines is 1. The maximum Gasteiger partial charge on any atom is 0.416 e. The van der Waals surface area contributed by atoms with Crippen LogP contribution in [0.15, 0.2) is 24.3 Å². The number of hydrogen-bond donors (Lipinski definition) is 1. The number of benzene rings is 1. The van der Waals surface area contributed by atoms with Gasteiger partial charge < -0.3 is 5.32 Å². The van der Waals surface area contributed by atoms with Gasteiger partial charge in [0.05, 0.1) is 5.56 Å². The zero-order valence-electron chi connectivity index (χ0n) is 10.8. The SMILES string of the molecule is CC(CCCC(F)(F)F)Nc1ccc(C(F)(F)F)cc1. The van der Waals surface area contributed by atoms with Crippen molar-refractivity contribution in [2.24, 2.45) is 0 Å². The minimum Gasteiger partial charge on any atom is -0.383 e. The Bertz CT molecular complexity index is 406. The third-order valence-corrected chi connectivity index (χ3v) is 2.72. The Kier molecular flexibility index (Phi) is 5.30. The average molecular weight is 299 g/mol. The molecule has 0 saturated carbocycles. The Hall–Kier alpha value is -1.40. The predicted molar refractivity (Wildman–Crippen MR) is 64.4 cm³/mol. The van der Waals surface area contributed by atoms with Gasteiger partial charge in [-0.1, -0.05) is 0 Å². The van der Waals surface area contributed by atoms with Crippen molar-refractivity contribution in [1.82, 2.24) is 0 Å². The average Bonchev–Trinajstić information content (AvgIpc) is 2.26. The molecule has 1 N–H and O–H groups in total. The molecule has 0 aliphatic heterocycles. The van der Waals surface area contributed by atoms with Crippen LogP contribution in [0.2, 0.25) is 0 Å². The van der Waals surface area contributed by atoms with Gasteiger partial charge in [0.25, 0.3) is 0 Å². The van der Waals surface area contributed by atoms with Crippen LogP contribution in [0.3, 0.4) is 0 Å². The van der Waals surface area contributed by atoms with Gasteiger partial charge in [-0.3, -0.25) is 0 Å². The van der Waals surface area contributed by atoms with Crippen molar-refractivity contribution in [3.8, 4) is 0 Å². The maximum atomic E-state index is 12.3. The summed E-state index contributed by atoms with van der Waals surface area (Å²) in [4.78, 5) is 0. The van der Waals surface area contributed by atoms with Gasteiger partial charge in [0.2, 0.25) is 0 Å². The number of hydrogen-bond acceptors (Lipinski definition) is 1. The molecule has 0 aromatic heterocycles. The van der Waals surface area contributed by atoms with Gasteiger partial charge in [0, 0.05) is 18.2 Å². The highest BCUT2D eigenvalue weighted by Gasteiger charge is 2.30. The summed E-state index contributed by atoms with van der Waals surface area (Å²) in [5, 5.41) is 2.87. The quantitative estimate of drug-likeness (QED) is 0.733. The summed E-state index contributed by atoms with van der Waals surface area (Å²) in [6.45, 7) is 1.69. The van der Waals surface area contributed by atoms with Crippen LogP contribution in [-0.4, -0.2) is 12.2 Å². The van der Waals surface area contributed by atoms with Crippen LogP contribution in [0, 0.1) is 0 Å². The highest BCUT2D eigenvalue weighted by atomic mass is 19.4. The summed E-state index contributed by atoms with van der Waals surface area (Å²) in [5.74, 6) is 0. The van der Waals surface area contributed by atoms with Gasteiger partial charge in [0.15, 0.2) is 0 Å². The third-order valence-electron chi connectivity index (χ3n) is 2.72. The molecule has 1 aromatic carbocycles. The van der Waals surface area contributed by atoms with E-state index in [2.05, 4.69) is 5.32 Å². The van der Waals surface area contributed by atoms with Gasteiger partial charge in [-0.2, -0.15) is 26.3 Å². The molecule has 0 aliphatic carbocycles. The van der Waals surface area contributed by atoms with Crippen molar-refractivity contribution in [2.45, 2.75) is 44.6 Å². The highest BCUT2D eigenvalue weighted by Crippen LogP contribution is 2.30. The fourth-order valence-corrected chi connectivity index (χ4v) is 1.72. The fourth-order valence-electron chi connectivity index (χ4n) is 1.72. The van der Waals surface area contributed by atoms with Gasteiger partial charge in [0.1, 0.15) is 0 Å². The molecule has 1 rings (SSSR count). The smallest absolute Gasteiger partial charge is 0.383 e. The second kappa shape index (κ2) is 6.37. The summed E-state index contributed by atoms with van der Waals surface area (Å²) in [5.41, 5.74) is -0.301. The molecule has 20 heavy (non-hydrogen) atoms. The number of rotatable bonds is 5. The van der Waals surface area contributed by atoms with Crippen molar-refractivity contribution in [3.63, 3.8) is 0 Å². The van der Waals surface area contributed by atoms with E-state index >= 15 is 0 Å². The van der Waals surface area contributed by atoms with E-state index in [-0.39, 0.29) is 12.5 Å². The van der Waals surface area contributed by atoms with Crippen LogP contribution in [0.4, 0.5) is 32.0 Å². The molecule has 0 bridgehead atoms. The number of halogens is 6. The summed E-state index contributed by atoms with van der Waals surface area (Å²) in [7, 11) is 0. The molecular formula is C13H15F6N. The van der Waals surface area contributed by atoms with E-state index in [4.69, 9.17) is 0 Å². The first-order valence-corrected chi connectivity index (χ1v) is 6.08. The Labute approximate surface area is 113 Å². The lowest BCUT2D eigenvalue weighted by Gasteiger charge is -2.16. The van der Waals surface area contributed by atoms with Crippen LogP contribution in [0.5, 0.6) is 0 Å². The Morgan fingerprint density at radius 2 is 1.55 bits per heavy atom. The van der Waals surface area contributed by atoms with Gasteiger partial charge in [-0.25, -0.2) is 0 Å². The predicted octanol–water partition coefficient (Wildman–Crippen LogP) is 5.24. The maximum absolute atomic E-state index is 12.3. The molecule has 0 spiro atoms. The summed E-state index contributed by atoms with van der Waals surface area (Å²) in [6, 6.07) is 4.16. The van der Waals surface area contributed by atoms with Crippen LogP contribution in [0.1, 0.15) is 31.7 Å². The number of nitrogens with one attached hydrogen (secondary N) is 1. The number of alkyl halides is 6. The van der Waals surface area contributed by atoms with Crippen LogP contribution in [-0.2, 0) is 6.18 Å². The second-order valence-electron chi connectivity index (χ2n) is 4.63. The van der Waals surface area contributed by atoms with E-state index in [9.17, 15) is 26.3 Å². The molecule has 7 heteroatoms. The van der Waals surface area contributed by atoms with Crippen LogP contribution >= 0.6 is 0 Å². The van der Waals surface area contributed by atoms with Gasteiger partial charge >= 0.3 is 12.4 Å². The normalized spacial score (nSPS) is 14.2. The zero-order valence-corrected chi connectivity index (χ0v) is 10.8. The van der Waals surface area contributed by atoms with E-state index in [1.165, 1.54) is 12.1 Å². The van der Waals surface area contributed by atoms with Crippen LogP contribution < -0.4 is 5.32 Å². The molecule has 0 heterocycles. The summed E-state index contributed by atoms with van der Waals surface area (Å²) in [6.07, 6.45) is -9.14. The van der Waals surface area contributed by atoms with Crippen molar-refractivity contribution in [1.29, 1.82) is 0 Å². The summed E-state index contributed by atoms with van der Waals surface area (Å²) < 4.78 is 72.9. The molecule has 0 saturated heterocycles. The van der Waals surface area contributed by atoms with Gasteiger partial charge in [-0.05, 0) is 44.0 Å². The molecule has 114 valence electrons. The largest absolute Gasteiger partial charge is 0.416 e. The molecular weight excluding hydrogens is 284 g/mol. The van der Waals surface area contributed by atoms with Gasteiger partial charge in [-0.15, -0.1) is 0 Å². The topological polar surface area (TPSA) is 12.0 Å². The molecule has 1 aromatic rings. The Morgan fingerprint density at radius 1 is 1.00 bits per heavy atom. The first-order chi connectivity index (χ1) is 9.08. The minimum atomic E-state index is -4.39. The monoisotopic (exact) mass is 299 g/mol. The zero-order chi connectivity index (χ0) is 15.4. The second-order valence-corrected chi connectivity index (χ2v) is 4.63. The fraction of sp³-hybridized carbons (Fsp3) is 0.538. The third kappa shape index (κ3) is 6.16. The Morgan fingerprint density at radius 3 is 2.00 bits per heavy atom. The van der Waals surface area contributed by atoms with E-state index < -0.39 is 24.3 Å². The lowest BCUT2D eigenvalue weighted by Crippen LogP contribution is -2.17. The minimum absolute atomic E-state index is 0.0156.